The van der Waals surface area contributed by atoms with Crippen molar-refractivity contribution in [1.82, 2.24) is 0 Å². The van der Waals surface area contributed by atoms with Crippen molar-refractivity contribution in [2.45, 2.75) is 74.5 Å². The largest absolute Gasteiger partial charge is 0.673 e. The van der Waals surface area contributed by atoms with Crippen molar-refractivity contribution < 1.29 is 17.3 Å². The molecule has 0 N–H and O–H groups in total. The number of rotatable bonds is 4. The Morgan fingerprint density at radius 2 is 0.816 bits per heavy atom. The summed E-state index contributed by atoms with van der Waals surface area (Å²) in [5.41, 5.74) is 3.28. The summed E-state index contributed by atoms with van der Waals surface area (Å²) < 4.78 is 39.0. The molecular weight excluding hydrogens is 502 g/mol. The fourth-order valence-electron chi connectivity index (χ4n) is 6.98. The van der Waals surface area contributed by atoms with Gasteiger partial charge >= 0.3 is 7.25 Å². The monoisotopic (exact) mass is 537 g/mol. The molecule has 2 saturated carbocycles. The van der Waals surface area contributed by atoms with Crippen LogP contribution in [0.1, 0.15) is 75.3 Å². The summed E-state index contributed by atoms with van der Waals surface area (Å²) in [6.45, 7) is 0. The average molecular weight is 537 g/mol. The maximum atomic E-state index is 9.75. The third-order valence-corrected chi connectivity index (χ3v) is 11.0. The Kier molecular flexibility index (Phi) is 8.15. The van der Waals surface area contributed by atoms with Crippen LogP contribution in [-0.2, 0) is 10.3 Å². The molecule has 0 radical (unpaired) electrons. The molecule has 0 atom stereocenters. The first-order chi connectivity index (χ1) is 18.3. The van der Waals surface area contributed by atoms with Gasteiger partial charge in [0.1, 0.15) is 0 Å². The summed E-state index contributed by atoms with van der Waals surface area (Å²) in [7, 11) is -5.05. The van der Waals surface area contributed by atoms with E-state index >= 15 is 0 Å². The van der Waals surface area contributed by atoms with Crippen LogP contribution < -0.4 is 0 Å². The van der Waals surface area contributed by atoms with Gasteiger partial charge in [0.25, 0.3) is 0 Å². The molecular formula is C32H35BF4P-. The van der Waals surface area contributed by atoms with Crippen molar-refractivity contribution in [3.8, 4) is 0 Å². The molecule has 6 heteroatoms. The summed E-state index contributed by atoms with van der Waals surface area (Å²) in [5, 5.41) is 6.44. The summed E-state index contributed by atoms with van der Waals surface area (Å²) in [6, 6.07) is 32.5. The van der Waals surface area contributed by atoms with E-state index in [1.54, 1.807) is 11.1 Å². The van der Waals surface area contributed by atoms with Crippen LogP contribution in [0.15, 0.2) is 84.9 Å². The van der Waals surface area contributed by atoms with E-state index in [0.29, 0.717) is 10.3 Å². The highest BCUT2D eigenvalue weighted by atomic mass is 31.1. The molecule has 0 spiro atoms. The van der Waals surface area contributed by atoms with Crippen molar-refractivity contribution in [2.24, 2.45) is 0 Å². The van der Waals surface area contributed by atoms with Gasteiger partial charge in [0.05, 0.1) is 0 Å². The maximum Gasteiger partial charge on any atom is 0.673 e. The number of hydrogen-bond acceptors (Lipinski definition) is 0. The third kappa shape index (κ3) is 5.94. The van der Waals surface area contributed by atoms with Crippen LogP contribution in [0.2, 0.25) is 0 Å². The second kappa shape index (κ2) is 11.4. The molecule has 0 aromatic heterocycles. The van der Waals surface area contributed by atoms with Gasteiger partial charge < -0.3 is 17.3 Å². The highest BCUT2D eigenvalue weighted by Gasteiger charge is 2.45. The second-order valence-corrected chi connectivity index (χ2v) is 13.1. The van der Waals surface area contributed by atoms with Crippen molar-refractivity contribution in [3.05, 3.63) is 96.1 Å². The molecule has 2 aliphatic carbocycles. The van der Waals surface area contributed by atoms with Crippen LogP contribution in [0, 0.1) is 0 Å². The Morgan fingerprint density at radius 3 is 1.21 bits per heavy atom. The SMILES string of the molecule is F[B-](F)(F)F.c1ccc2c(C3(PC4(c5cccc6ccccc56)CCCCC4)CCCCC3)cccc2c1. The molecule has 0 bridgehead atoms. The molecule has 2 aliphatic rings. The van der Waals surface area contributed by atoms with Gasteiger partial charge in [0, 0.05) is 10.3 Å². The Bertz CT molecular complexity index is 1260. The van der Waals surface area contributed by atoms with E-state index < -0.39 is 7.25 Å². The highest BCUT2D eigenvalue weighted by Crippen LogP contribution is 2.66. The van der Waals surface area contributed by atoms with Crippen LogP contribution >= 0.6 is 8.58 Å². The van der Waals surface area contributed by atoms with Gasteiger partial charge in [0.15, 0.2) is 0 Å². The third-order valence-electron chi connectivity index (χ3n) is 8.50. The molecule has 200 valence electrons. The minimum absolute atomic E-state index is 0.313. The van der Waals surface area contributed by atoms with E-state index in [2.05, 4.69) is 84.9 Å². The van der Waals surface area contributed by atoms with Crippen LogP contribution in [0.5, 0.6) is 0 Å². The number of halogens is 4. The first kappa shape index (κ1) is 27.2. The van der Waals surface area contributed by atoms with Crippen molar-refractivity contribution in [2.75, 3.05) is 0 Å². The quantitative estimate of drug-likeness (QED) is 0.138. The summed E-state index contributed by atoms with van der Waals surface area (Å²) in [4.78, 5) is 0. The Morgan fingerprint density at radius 1 is 0.474 bits per heavy atom. The zero-order valence-electron chi connectivity index (χ0n) is 21.7. The highest BCUT2D eigenvalue weighted by molar-refractivity contribution is 7.41. The van der Waals surface area contributed by atoms with Gasteiger partial charge in [-0.25, -0.2) is 0 Å². The average Bonchev–Trinajstić information content (AvgIpc) is 2.92. The number of fused-ring (bicyclic) bond motifs is 2. The minimum Gasteiger partial charge on any atom is -0.418 e. The summed E-state index contributed by atoms with van der Waals surface area (Å²) in [6.07, 6.45) is 13.7. The van der Waals surface area contributed by atoms with Crippen LogP contribution in [-0.4, -0.2) is 7.25 Å². The van der Waals surface area contributed by atoms with Crippen molar-refractivity contribution >= 4 is 37.4 Å². The molecule has 4 aromatic rings. The molecule has 6 rings (SSSR count). The lowest BCUT2D eigenvalue weighted by Crippen LogP contribution is -2.33. The van der Waals surface area contributed by atoms with Gasteiger partial charge in [-0.3, -0.25) is 0 Å². The van der Waals surface area contributed by atoms with E-state index in [1.165, 1.54) is 85.8 Å². The number of benzene rings is 4. The molecule has 38 heavy (non-hydrogen) atoms. The minimum atomic E-state index is -6.00. The van der Waals surface area contributed by atoms with Crippen LogP contribution in [0.25, 0.3) is 21.5 Å². The summed E-state index contributed by atoms with van der Waals surface area (Å²) in [5.74, 6) is 0. The van der Waals surface area contributed by atoms with E-state index in [0.717, 1.165) is 8.58 Å². The van der Waals surface area contributed by atoms with E-state index in [1.807, 2.05) is 0 Å². The second-order valence-electron chi connectivity index (χ2n) is 11.0. The molecule has 2 fully saturated rings. The van der Waals surface area contributed by atoms with Gasteiger partial charge in [-0.1, -0.05) is 132 Å². The molecule has 4 aromatic carbocycles. The summed E-state index contributed by atoms with van der Waals surface area (Å²) >= 11 is 0. The standard InChI is InChI=1S/C32H35P.BF4/c1-7-21-31(22-8-1,29-19-11-15-25-13-3-5-17-27(25)29)33-32(23-9-2-10-24-32)30-20-12-16-26-14-4-6-18-28(26)30;2-1(3,4)5/h3-6,11-20,33H,1-2,7-10,21-24H2;/q;-1. The fourth-order valence-corrected chi connectivity index (χ4v) is 9.81. The molecule has 0 heterocycles. The van der Waals surface area contributed by atoms with Gasteiger partial charge in [-0.15, -0.1) is 0 Å². The first-order valence-electron chi connectivity index (χ1n) is 13.9. The van der Waals surface area contributed by atoms with Gasteiger partial charge in [0.2, 0.25) is 0 Å². The first-order valence-corrected chi connectivity index (χ1v) is 14.9. The zero-order valence-corrected chi connectivity index (χ0v) is 22.7. The van der Waals surface area contributed by atoms with E-state index in [9.17, 15) is 17.3 Å². The Balaban J connectivity index is 0.000000540. The van der Waals surface area contributed by atoms with Crippen LogP contribution in [0.3, 0.4) is 0 Å². The normalized spacial score (nSPS) is 19.1. The van der Waals surface area contributed by atoms with E-state index in [4.69, 9.17) is 0 Å². The fraction of sp³-hybridized carbons (Fsp3) is 0.375. The topological polar surface area (TPSA) is 0 Å². The van der Waals surface area contributed by atoms with Gasteiger partial charge in [-0.05, 0) is 58.4 Å². The zero-order chi connectivity index (χ0) is 26.6. The molecule has 0 amide bonds. The molecule has 0 aliphatic heterocycles. The van der Waals surface area contributed by atoms with Gasteiger partial charge in [-0.2, -0.15) is 0 Å². The van der Waals surface area contributed by atoms with Crippen molar-refractivity contribution in [3.63, 3.8) is 0 Å². The van der Waals surface area contributed by atoms with Crippen LogP contribution in [0.4, 0.5) is 17.3 Å². The predicted molar refractivity (Wildman–Crippen MR) is 156 cm³/mol. The Labute approximate surface area is 225 Å². The maximum absolute atomic E-state index is 9.75. The lowest BCUT2D eigenvalue weighted by molar-refractivity contribution is 0.368. The lowest BCUT2D eigenvalue weighted by atomic mass is 9.80. The van der Waals surface area contributed by atoms with E-state index in [-0.39, 0.29) is 0 Å². The number of hydrogen-bond donors (Lipinski definition) is 0. The lowest BCUT2D eigenvalue weighted by Gasteiger charge is -2.49. The predicted octanol–water partition coefficient (Wildman–Crippen LogP) is 11.0. The smallest absolute Gasteiger partial charge is 0.418 e. The Hall–Kier alpha value is -2.39. The van der Waals surface area contributed by atoms with Crippen molar-refractivity contribution in [1.29, 1.82) is 0 Å². The molecule has 0 saturated heterocycles. The molecule has 0 unspecified atom stereocenters. The molecule has 0 nitrogen and oxygen atoms in total.